The molecule has 0 bridgehead atoms. The van der Waals surface area contributed by atoms with E-state index in [0.29, 0.717) is 5.75 Å². The van der Waals surface area contributed by atoms with Crippen LogP contribution in [0.15, 0.2) is 18.2 Å². The first-order chi connectivity index (χ1) is 7.07. The molecule has 1 aromatic rings. The fourth-order valence-corrected chi connectivity index (χ4v) is 1.43. The van der Waals surface area contributed by atoms with Gasteiger partial charge in [-0.25, -0.2) is 8.78 Å². The summed E-state index contributed by atoms with van der Waals surface area (Å²) in [4.78, 5) is 0. The van der Waals surface area contributed by atoms with E-state index in [0.717, 1.165) is 6.07 Å². The van der Waals surface area contributed by atoms with Crippen LogP contribution in [0.3, 0.4) is 0 Å². The van der Waals surface area contributed by atoms with Crippen molar-refractivity contribution >= 4 is 0 Å². The Kier molecular flexibility index (Phi) is 3.63. The van der Waals surface area contributed by atoms with Crippen molar-refractivity contribution in [1.82, 2.24) is 0 Å². The molecule has 0 saturated heterocycles. The molecule has 2 nitrogen and oxygen atoms in total. The number of rotatable bonds is 4. The molecule has 0 aliphatic heterocycles. The normalized spacial score (nSPS) is 14.7. The molecular weight excluding hydrogens is 200 g/mol. The minimum atomic E-state index is -1.80. The number of benzene rings is 1. The lowest BCUT2D eigenvalue weighted by Crippen LogP contribution is -2.30. The first-order valence-corrected chi connectivity index (χ1v) is 4.80. The molecule has 0 fully saturated rings. The maximum atomic E-state index is 14.1. The minimum absolute atomic E-state index is 0.00620. The lowest BCUT2D eigenvalue weighted by molar-refractivity contribution is 0.162. The molecule has 1 unspecified atom stereocenters. The highest BCUT2D eigenvalue weighted by atomic mass is 19.1. The van der Waals surface area contributed by atoms with Gasteiger partial charge < -0.3 is 10.5 Å². The maximum absolute atomic E-state index is 14.1. The molecule has 0 aliphatic carbocycles. The zero-order valence-corrected chi connectivity index (χ0v) is 8.89. The Hall–Kier alpha value is -1.16. The Morgan fingerprint density at radius 2 is 2.13 bits per heavy atom. The van der Waals surface area contributed by atoms with Crippen LogP contribution in [0, 0.1) is 5.82 Å². The van der Waals surface area contributed by atoms with Crippen molar-refractivity contribution in [3.05, 3.63) is 29.6 Å². The molecular formula is C11H15F2NO. The Labute approximate surface area is 88.0 Å². The first-order valence-electron chi connectivity index (χ1n) is 4.80. The Balaban J connectivity index is 3.14. The van der Waals surface area contributed by atoms with Crippen molar-refractivity contribution in [3.63, 3.8) is 0 Å². The minimum Gasteiger partial charge on any atom is -0.497 e. The van der Waals surface area contributed by atoms with Gasteiger partial charge in [-0.15, -0.1) is 0 Å². The van der Waals surface area contributed by atoms with Gasteiger partial charge in [-0.2, -0.15) is 0 Å². The first kappa shape index (κ1) is 11.9. The monoisotopic (exact) mass is 215 g/mol. The van der Waals surface area contributed by atoms with E-state index in [1.807, 2.05) is 0 Å². The Bertz CT molecular complexity index is 337. The molecule has 0 amide bonds. The summed E-state index contributed by atoms with van der Waals surface area (Å²) in [5.41, 5.74) is 3.51. The van der Waals surface area contributed by atoms with Gasteiger partial charge in [0.2, 0.25) is 0 Å². The molecule has 84 valence electrons. The van der Waals surface area contributed by atoms with Gasteiger partial charge in [-0.3, -0.25) is 0 Å². The summed E-state index contributed by atoms with van der Waals surface area (Å²) in [7, 11) is 1.43. The quantitative estimate of drug-likeness (QED) is 0.836. The van der Waals surface area contributed by atoms with Crippen LogP contribution in [-0.2, 0) is 5.67 Å². The molecule has 2 N–H and O–H groups in total. The average molecular weight is 215 g/mol. The summed E-state index contributed by atoms with van der Waals surface area (Å²) in [6.45, 7) is 1.41. The third kappa shape index (κ3) is 2.26. The molecule has 0 aromatic heterocycles. The average Bonchev–Trinajstić information content (AvgIpc) is 2.27. The fraction of sp³-hybridized carbons (Fsp3) is 0.455. The van der Waals surface area contributed by atoms with Gasteiger partial charge in [0.15, 0.2) is 5.67 Å². The molecule has 1 rings (SSSR count). The smallest absolute Gasteiger partial charge is 0.150 e. The maximum Gasteiger partial charge on any atom is 0.150 e. The standard InChI is InChI=1S/C11H15F2NO/c1-3-11(13,7-14)9-5-4-8(15-2)6-10(9)12/h4-6H,3,7,14H2,1-2H3. The second kappa shape index (κ2) is 4.57. The largest absolute Gasteiger partial charge is 0.497 e. The third-order valence-corrected chi connectivity index (χ3v) is 2.54. The van der Waals surface area contributed by atoms with Crippen LogP contribution in [0.5, 0.6) is 5.75 Å². The van der Waals surface area contributed by atoms with Crippen molar-refractivity contribution < 1.29 is 13.5 Å². The van der Waals surface area contributed by atoms with Gasteiger partial charge in [0, 0.05) is 18.2 Å². The van der Waals surface area contributed by atoms with E-state index in [2.05, 4.69) is 0 Å². The predicted octanol–water partition coefficient (Wildman–Crippen LogP) is 2.37. The number of alkyl halides is 1. The SMILES string of the molecule is CCC(F)(CN)c1ccc(OC)cc1F. The predicted molar refractivity (Wildman–Crippen MR) is 55.1 cm³/mol. The zero-order valence-electron chi connectivity index (χ0n) is 8.89. The number of hydrogen-bond donors (Lipinski definition) is 1. The molecule has 1 atom stereocenters. The summed E-state index contributed by atoms with van der Waals surface area (Å²) in [5.74, 6) is -0.254. The van der Waals surface area contributed by atoms with Crippen LogP contribution in [0.25, 0.3) is 0 Å². The number of hydrogen-bond acceptors (Lipinski definition) is 2. The van der Waals surface area contributed by atoms with E-state index in [1.165, 1.54) is 19.2 Å². The van der Waals surface area contributed by atoms with Crippen LogP contribution in [0.2, 0.25) is 0 Å². The Morgan fingerprint density at radius 3 is 2.53 bits per heavy atom. The zero-order chi connectivity index (χ0) is 11.5. The van der Waals surface area contributed by atoms with Crippen molar-refractivity contribution in [3.8, 4) is 5.75 Å². The van der Waals surface area contributed by atoms with Gasteiger partial charge in [-0.1, -0.05) is 6.92 Å². The number of ether oxygens (including phenoxy) is 1. The highest BCUT2D eigenvalue weighted by Crippen LogP contribution is 2.32. The van der Waals surface area contributed by atoms with Crippen LogP contribution in [-0.4, -0.2) is 13.7 Å². The number of methoxy groups -OCH3 is 1. The van der Waals surface area contributed by atoms with Gasteiger partial charge in [-0.05, 0) is 18.6 Å². The van der Waals surface area contributed by atoms with Crippen molar-refractivity contribution in [2.75, 3.05) is 13.7 Å². The van der Waals surface area contributed by atoms with Crippen molar-refractivity contribution in [2.45, 2.75) is 19.0 Å². The topological polar surface area (TPSA) is 35.2 Å². The van der Waals surface area contributed by atoms with Crippen molar-refractivity contribution in [2.24, 2.45) is 5.73 Å². The molecule has 0 spiro atoms. The lowest BCUT2D eigenvalue weighted by atomic mass is 9.92. The second-order valence-electron chi connectivity index (χ2n) is 3.37. The molecule has 4 heteroatoms. The van der Waals surface area contributed by atoms with E-state index in [9.17, 15) is 8.78 Å². The van der Waals surface area contributed by atoms with Crippen LogP contribution < -0.4 is 10.5 Å². The summed E-state index contributed by atoms with van der Waals surface area (Å²) in [5, 5.41) is 0. The summed E-state index contributed by atoms with van der Waals surface area (Å²) < 4.78 is 32.4. The van der Waals surface area contributed by atoms with Gasteiger partial charge in [0.05, 0.1) is 7.11 Å². The highest BCUT2D eigenvalue weighted by molar-refractivity contribution is 5.32. The van der Waals surface area contributed by atoms with E-state index in [1.54, 1.807) is 6.92 Å². The van der Waals surface area contributed by atoms with E-state index in [4.69, 9.17) is 10.5 Å². The molecule has 0 radical (unpaired) electrons. The molecule has 15 heavy (non-hydrogen) atoms. The number of halogens is 2. The molecule has 0 heterocycles. The molecule has 0 saturated carbocycles. The Morgan fingerprint density at radius 1 is 1.47 bits per heavy atom. The van der Waals surface area contributed by atoms with Gasteiger partial charge in [0.1, 0.15) is 11.6 Å². The molecule has 1 aromatic carbocycles. The lowest BCUT2D eigenvalue weighted by Gasteiger charge is -2.23. The van der Waals surface area contributed by atoms with Crippen LogP contribution >= 0.6 is 0 Å². The second-order valence-corrected chi connectivity index (χ2v) is 3.37. The third-order valence-electron chi connectivity index (χ3n) is 2.54. The van der Waals surface area contributed by atoms with E-state index >= 15 is 0 Å². The van der Waals surface area contributed by atoms with E-state index in [-0.39, 0.29) is 18.5 Å². The summed E-state index contributed by atoms with van der Waals surface area (Å²) in [6.07, 6.45) is 0.146. The molecule has 0 aliphatic rings. The van der Waals surface area contributed by atoms with Crippen molar-refractivity contribution in [1.29, 1.82) is 0 Å². The summed E-state index contributed by atoms with van der Waals surface area (Å²) >= 11 is 0. The van der Waals surface area contributed by atoms with Crippen LogP contribution in [0.1, 0.15) is 18.9 Å². The van der Waals surface area contributed by atoms with Crippen LogP contribution in [0.4, 0.5) is 8.78 Å². The van der Waals surface area contributed by atoms with E-state index < -0.39 is 11.5 Å². The highest BCUT2D eigenvalue weighted by Gasteiger charge is 2.31. The fourth-order valence-electron chi connectivity index (χ4n) is 1.43. The number of nitrogens with two attached hydrogens (primary N) is 1. The summed E-state index contributed by atoms with van der Waals surface area (Å²) in [6, 6.07) is 4.07. The van der Waals surface area contributed by atoms with Gasteiger partial charge in [0.25, 0.3) is 0 Å². The van der Waals surface area contributed by atoms with Gasteiger partial charge >= 0.3 is 0 Å².